The zero-order chi connectivity index (χ0) is 21.4. The van der Waals surface area contributed by atoms with Gasteiger partial charge in [0.1, 0.15) is 30.5 Å². The topological polar surface area (TPSA) is 256 Å². The Kier molecular flexibility index (Phi) is 7.29. The second kappa shape index (κ2) is 8.78. The number of nitrogens with two attached hydrogens (primary N) is 1. The Bertz CT molecular complexity index is 657. The molecule has 0 radical (unpaired) electrons. The number of carboxylic acids is 1. The lowest BCUT2D eigenvalue weighted by Gasteiger charge is -2.45. The summed E-state index contributed by atoms with van der Waals surface area (Å²) < 4.78 is 49.6. The van der Waals surface area contributed by atoms with E-state index in [4.69, 9.17) is 19.8 Å². The predicted octanol–water partition coefficient (Wildman–Crippen LogP) is -5.51. The quantitative estimate of drug-likeness (QED) is 0.181. The fourth-order valence-electron chi connectivity index (χ4n) is 2.82. The molecule has 2 saturated heterocycles. The summed E-state index contributed by atoms with van der Waals surface area (Å²) in [5.74, 6) is -1.74. The van der Waals surface area contributed by atoms with Crippen LogP contribution in [0, 0.1) is 0 Å². The second-order valence-corrected chi connectivity index (χ2v) is 7.20. The van der Waals surface area contributed by atoms with Gasteiger partial charge in [-0.05, 0) is 0 Å². The van der Waals surface area contributed by atoms with Gasteiger partial charge in [-0.1, -0.05) is 0 Å². The molecule has 0 aromatic carbocycles. The highest BCUT2D eigenvalue weighted by molar-refractivity contribution is 7.80. The van der Waals surface area contributed by atoms with Crippen LogP contribution in [0.3, 0.4) is 0 Å². The SMILES string of the molecule is N[C@H]1[C@@H](O[C@H]2[C@H](O)[C@@H](OS(=O)(=O)O)[C@H](O)O[C@H]2C(=O)O)O[C@H](CO)[C@@H](O)[C@@H]1O. The number of aliphatic hydroxyl groups is 5. The van der Waals surface area contributed by atoms with Gasteiger partial charge in [-0.2, -0.15) is 8.42 Å². The number of carbonyl (C=O) groups is 1. The maximum atomic E-state index is 11.4. The largest absolute Gasteiger partial charge is 0.479 e. The van der Waals surface area contributed by atoms with Crippen LogP contribution in [0.4, 0.5) is 0 Å². The summed E-state index contributed by atoms with van der Waals surface area (Å²) in [5.41, 5.74) is 5.65. The first kappa shape index (κ1) is 23.3. The summed E-state index contributed by atoms with van der Waals surface area (Å²) in [6.07, 6.45) is -17.0. The van der Waals surface area contributed by atoms with E-state index in [9.17, 15) is 43.9 Å². The molecule has 0 amide bonds. The van der Waals surface area contributed by atoms with E-state index >= 15 is 0 Å². The minimum atomic E-state index is -5.19. The van der Waals surface area contributed by atoms with E-state index in [2.05, 4.69) is 8.92 Å². The number of hydrogen-bond donors (Lipinski definition) is 8. The highest BCUT2D eigenvalue weighted by Gasteiger charge is 2.53. The van der Waals surface area contributed by atoms with Crippen molar-refractivity contribution in [1.82, 2.24) is 0 Å². The first-order valence-electron chi connectivity index (χ1n) is 7.81. The van der Waals surface area contributed by atoms with Gasteiger partial charge in [0.25, 0.3) is 0 Å². The number of ether oxygens (including phenoxy) is 3. The van der Waals surface area contributed by atoms with Crippen molar-refractivity contribution in [2.75, 3.05) is 6.61 Å². The second-order valence-electron chi connectivity index (χ2n) is 6.15. The third kappa shape index (κ3) is 4.93. The van der Waals surface area contributed by atoms with Gasteiger partial charge in [0.15, 0.2) is 24.8 Å². The molecule has 2 heterocycles. The first-order valence-corrected chi connectivity index (χ1v) is 9.17. The van der Waals surface area contributed by atoms with E-state index in [0.717, 1.165) is 0 Å². The van der Waals surface area contributed by atoms with Crippen molar-refractivity contribution in [3.8, 4) is 0 Å². The van der Waals surface area contributed by atoms with E-state index in [0.29, 0.717) is 0 Å². The Balaban J connectivity index is 2.26. The molecular weight excluding hydrogens is 414 g/mol. The van der Waals surface area contributed by atoms with Crippen molar-refractivity contribution in [2.24, 2.45) is 5.73 Å². The van der Waals surface area contributed by atoms with Gasteiger partial charge in [-0.15, -0.1) is 0 Å². The Hall–Kier alpha value is -1.02. The molecule has 2 fully saturated rings. The van der Waals surface area contributed by atoms with Crippen LogP contribution in [-0.4, -0.2) is 118 Å². The number of aliphatic carboxylic acids is 1. The van der Waals surface area contributed by atoms with Crippen molar-refractivity contribution >= 4 is 16.4 Å². The highest BCUT2D eigenvalue weighted by Crippen LogP contribution is 2.29. The van der Waals surface area contributed by atoms with Gasteiger partial charge in [-0.25, -0.2) is 8.98 Å². The molecule has 10 atom stereocenters. The molecule has 16 heteroatoms. The fraction of sp³-hybridized carbons (Fsp3) is 0.917. The average Bonchev–Trinajstić information content (AvgIpc) is 2.59. The number of aliphatic hydroxyl groups excluding tert-OH is 5. The first-order chi connectivity index (χ1) is 12.9. The van der Waals surface area contributed by atoms with Crippen LogP contribution in [0.15, 0.2) is 0 Å². The molecule has 0 aliphatic carbocycles. The van der Waals surface area contributed by atoms with Gasteiger partial charge in [0, 0.05) is 0 Å². The Labute approximate surface area is 157 Å². The molecule has 0 spiro atoms. The standard InChI is InChI=1S/C12H21NO14S/c13-3-5(16)4(15)2(1-14)24-12(3)26-7-6(17)8(27-28(21,22)23)11(20)25-9(7)10(18)19/h2-9,11-12,14-17,20H,1,13H2,(H,18,19)(H,21,22,23)/t2-,3-,4-,5-,6+,7+,8-,9-,11-,12-/m1/s1. The van der Waals surface area contributed by atoms with Crippen molar-refractivity contribution < 1.29 is 66.8 Å². The summed E-state index contributed by atoms with van der Waals surface area (Å²) in [4.78, 5) is 11.4. The van der Waals surface area contributed by atoms with Crippen molar-refractivity contribution in [2.45, 2.75) is 61.3 Å². The highest BCUT2D eigenvalue weighted by atomic mass is 32.3. The average molecular weight is 435 g/mol. The van der Waals surface area contributed by atoms with Crippen LogP contribution >= 0.6 is 0 Å². The zero-order valence-electron chi connectivity index (χ0n) is 14.0. The maximum absolute atomic E-state index is 11.4. The van der Waals surface area contributed by atoms with Gasteiger partial charge < -0.3 is 50.6 Å². The van der Waals surface area contributed by atoms with E-state index in [1.165, 1.54) is 0 Å². The number of hydrogen-bond acceptors (Lipinski definition) is 13. The van der Waals surface area contributed by atoms with Crippen LogP contribution in [0.5, 0.6) is 0 Å². The zero-order valence-corrected chi connectivity index (χ0v) is 14.8. The summed E-state index contributed by atoms with van der Waals surface area (Å²) in [6.45, 7) is -0.774. The summed E-state index contributed by atoms with van der Waals surface area (Å²) >= 11 is 0. The minimum absolute atomic E-state index is 0.774. The van der Waals surface area contributed by atoms with E-state index in [1.54, 1.807) is 0 Å². The van der Waals surface area contributed by atoms with Gasteiger partial charge in [0.2, 0.25) is 0 Å². The van der Waals surface area contributed by atoms with Crippen LogP contribution in [0.2, 0.25) is 0 Å². The fourth-order valence-corrected chi connectivity index (χ4v) is 3.31. The van der Waals surface area contributed by atoms with Crippen LogP contribution in [0.1, 0.15) is 0 Å². The predicted molar refractivity (Wildman–Crippen MR) is 81.6 cm³/mol. The molecule has 2 aliphatic heterocycles. The molecule has 9 N–H and O–H groups in total. The summed E-state index contributed by atoms with van der Waals surface area (Å²) in [6, 6.07) is -1.48. The van der Waals surface area contributed by atoms with Crippen molar-refractivity contribution in [1.29, 1.82) is 0 Å². The van der Waals surface area contributed by atoms with E-state index in [1.807, 2.05) is 0 Å². The molecule has 0 unspecified atom stereocenters. The Morgan fingerprint density at radius 2 is 1.64 bits per heavy atom. The lowest BCUT2D eigenvalue weighted by atomic mass is 9.96. The smallest absolute Gasteiger partial charge is 0.397 e. The van der Waals surface area contributed by atoms with E-state index in [-0.39, 0.29) is 0 Å². The van der Waals surface area contributed by atoms with E-state index < -0.39 is 84.3 Å². The molecule has 0 saturated carbocycles. The lowest BCUT2D eigenvalue weighted by molar-refractivity contribution is -0.331. The van der Waals surface area contributed by atoms with Crippen molar-refractivity contribution in [3.05, 3.63) is 0 Å². The molecule has 28 heavy (non-hydrogen) atoms. The Morgan fingerprint density at radius 3 is 2.14 bits per heavy atom. The third-order valence-corrected chi connectivity index (χ3v) is 4.70. The molecule has 0 bridgehead atoms. The maximum Gasteiger partial charge on any atom is 0.397 e. The van der Waals surface area contributed by atoms with Crippen LogP contribution < -0.4 is 5.73 Å². The van der Waals surface area contributed by atoms with Gasteiger partial charge in [-0.3, -0.25) is 4.55 Å². The number of carboxylic acid groups (broad SMARTS) is 1. The minimum Gasteiger partial charge on any atom is -0.479 e. The molecule has 15 nitrogen and oxygen atoms in total. The summed E-state index contributed by atoms with van der Waals surface area (Å²) in [5, 5.41) is 58.0. The van der Waals surface area contributed by atoms with Crippen LogP contribution in [-0.2, 0) is 33.6 Å². The van der Waals surface area contributed by atoms with Crippen LogP contribution in [0.25, 0.3) is 0 Å². The third-order valence-electron chi connectivity index (χ3n) is 4.23. The molecular formula is C12H21NO14S. The summed E-state index contributed by atoms with van der Waals surface area (Å²) in [7, 11) is -5.19. The molecule has 0 aromatic heterocycles. The molecule has 2 aliphatic rings. The molecule has 2 rings (SSSR count). The lowest BCUT2D eigenvalue weighted by Crippen LogP contribution is -2.67. The van der Waals surface area contributed by atoms with Crippen molar-refractivity contribution in [3.63, 3.8) is 0 Å². The monoisotopic (exact) mass is 435 g/mol. The van der Waals surface area contributed by atoms with Gasteiger partial charge >= 0.3 is 16.4 Å². The van der Waals surface area contributed by atoms with Gasteiger partial charge in [0.05, 0.1) is 12.6 Å². The number of rotatable bonds is 6. The normalized spacial score (nSPS) is 45.0. The molecule has 164 valence electrons. The Morgan fingerprint density at radius 1 is 1.04 bits per heavy atom. The molecule has 0 aromatic rings.